The lowest BCUT2D eigenvalue weighted by atomic mass is 10.3. The largest absolute Gasteiger partial charge is 0.505 e. The molecule has 0 saturated heterocycles. The quantitative estimate of drug-likeness (QED) is 0.631. The molecule has 1 heterocycles. The summed E-state index contributed by atoms with van der Waals surface area (Å²) in [4.78, 5) is 12.8. The van der Waals surface area contributed by atoms with Gasteiger partial charge in [0.2, 0.25) is 0 Å². The van der Waals surface area contributed by atoms with E-state index in [1.807, 2.05) is 0 Å². The van der Waals surface area contributed by atoms with Crippen LogP contribution in [0.15, 0.2) is 29.3 Å². The highest BCUT2D eigenvalue weighted by molar-refractivity contribution is 7.92. The van der Waals surface area contributed by atoms with Gasteiger partial charge in [-0.25, -0.2) is 13.2 Å². The Bertz CT molecular complexity index is 793. The predicted molar refractivity (Wildman–Crippen MR) is 76.7 cm³/mol. The number of H-pyrrole nitrogens is 1. The molecule has 10 heteroatoms. The molecule has 1 aromatic heterocycles. The molecule has 7 nitrogen and oxygen atoms in total. The molecule has 2 aromatic rings. The summed E-state index contributed by atoms with van der Waals surface area (Å²) in [6, 6.07) is 3.31. The van der Waals surface area contributed by atoms with E-state index in [1.54, 1.807) is 0 Å². The summed E-state index contributed by atoms with van der Waals surface area (Å²) in [6.07, 6.45) is 1.04. The van der Waals surface area contributed by atoms with Crippen LogP contribution in [0.25, 0.3) is 0 Å². The van der Waals surface area contributed by atoms with E-state index in [-0.39, 0.29) is 32.1 Å². The Kier molecular flexibility index (Phi) is 4.04. The van der Waals surface area contributed by atoms with Crippen LogP contribution in [0.4, 0.5) is 5.69 Å². The summed E-state index contributed by atoms with van der Waals surface area (Å²) in [6.45, 7) is 0. The molecule has 2 rings (SSSR count). The standard InChI is InChI=1S/C11H8Cl2N2O5S/c12-7-1-5(2-8(13)10(7)16)15-21(19,20)6-3-9(11(17)18)14-4-6/h1-4,14-16H,(H,17,18). The summed E-state index contributed by atoms with van der Waals surface area (Å²) in [5.74, 6) is -1.65. The Hall–Kier alpha value is -1.90. The Morgan fingerprint density at radius 1 is 1.19 bits per heavy atom. The molecule has 0 spiro atoms. The number of rotatable bonds is 4. The zero-order valence-electron chi connectivity index (χ0n) is 10.1. The lowest BCUT2D eigenvalue weighted by molar-refractivity contribution is 0.0691. The molecule has 1 aromatic carbocycles. The van der Waals surface area contributed by atoms with Crippen molar-refractivity contribution in [3.8, 4) is 5.75 Å². The second-order valence-electron chi connectivity index (χ2n) is 3.95. The smallest absolute Gasteiger partial charge is 0.352 e. The summed E-state index contributed by atoms with van der Waals surface area (Å²) in [5.41, 5.74) is -0.238. The highest BCUT2D eigenvalue weighted by Crippen LogP contribution is 2.35. The van der Waals surface area contributed by atoms with Crippen molar-refractivity contribution in [3.05, 3.63) is 40.1 Å². The molecule has 0 unspecified atom stereocenters. The van der Waals surface area contributed by atoms with E-state index in [9.17, 15) is 18.3 Å². The first-order chi connectivity index (χ1) is 9.70. The van der Waals surface area contributed by atoms with Crippen molar-refractivity contribution in [2.45, 2.75) is 4.90 Å². The van der Waals surface area contributed by atoms with Crippen LogP contribution in [0, 0.1) is 0 Å². The van der Waals surface area contributed by atoms with Gasteiger partial charge in [-0.05, 0) is 18.2 Å². The first-order valence-corrected chi connectivity index (χ1v) is 7.57. The Morgan fingerprint density at radius 3 is 2.24 bits per heavy atom. The van der Waals surface area contributed by atoms with E-state index in [0.29, 0.717) is 0 Å². The lowest BCUT2D eigenvalue weighted by Gasteiger charge is -2.08. The average Bonchev–Trinajstić information content (AvgIpc) is 2.85. The van der Waals surface area contributed by atoms with Crippen molar-refractivity contribution < 1.29 is 23.4 Å². The normalized spacial score (nSPS) is 11.3. The minimum absolute atomic E-state index is 0.0286. The van der Waals surface area contributed by atoms with Gasteiger partial charge >= 0.3 is 5.97 Å². The third kappa shape index (κ3) is 3.23. The molecule has 0 amide bonds. The van der Waals surface area contributed by atoms with Gasteiger partial charge in [-0.3, -0.25) is 4.72 Å². The van der Waals surface area contributed by atoms with Gasteiger partial charge in [0.1, 0.15) is 10.6 Å². The fraction of sp³-hybridized carbons (Fsp3) is 0. The monoisotopic (exact) mass is 350 g/mol. The predicted octanol–water partition coefficient (Wildman–Crippen LogP) is 2.53. The minimum Gasteiger partial charge on any atom is -0.505 e. The molecule has 0 radical (unpaired) electrons. The number of phenols is 1. The topological polar surface area (TPSA) is 119 Å². The number of anilines is 1. The molecule has 0 fully saturated rings. The number of sulfonamides is 1. The molecule has 4 N–H and O–H groups in total. The third-order valence-corrected chi connectivity index (χ3v) is 4.40. The minimum atomic E-state index is -4.02. The number of carbonyl (C=O) groups is 1. The lowest BCUT2D eigenvalue weighted by Crippen LogP contribution is -2.12. The first-order valence-electron chi connectivity index (χ1n) is 5.33. The summed E-state index contributed by atoms with van der Waals surface area (Å²) in [7, 11) is -4.02. The molecule has 0 saturated carbocycles. The molecule has 0 aliphatic rings. The van der Waals surface area contributed by atoms with Crippen molar-refractivity contribution in [3.63, 3.8) is 0 Å². The number of carboxylic acid groups (broad SMARTS) is 1. The van der Waals surface area contributed by atoms with Crippen LogP contribution in [0.1, 0.15) is 10.5 Å². The number of hydrogen-bond donors (Lipinski definition) is 4. The van der Waals surface area contributed by atoms with Crippen LogP contribution in [-0.2, 0) is 10.0 Å². The van der Waals surface area contributed by atoms with Crippen LogP contribution in [0.2, 0.25) is 10.0 Å². The van der Waals surface area contributed by atoms with Gasteiger partial charge in [-0.15, -0.1) is 0 Å². The third-order valence-electron chi connectivity index (χ3n) is 2.47. The number of aromatic carboxylic acids is 1. The second-order valence-corrected chi connectivity index (χ2v) is 6.45. The van der Waals surface area contributed by atoms with E-state index in [4.69, 9.17) is 28.3 Å². The van der Waals surface area contributed by atoms with Crippen LogP contribution in [0.5, 0.6) is 5.75 Å². The van der Waals surface area contributed by atoms with E-state index in [2.05, 4.69) is 9.71 Å². The van der Waals surface area contributed by atoms with E-state index in [1.165, 1.54) is 12.1 Å². The number of aromatic amines is 1. The molecule has 21 heavy (non-hydrogen) atoms. The van der Waals surface area contributed by atoms with Gasteiger partial charge in [-0.1, -0.05) is 23.2 Å². The summed E-state index contributed by atoms with van der Waals surface area (Å²) < 4.78 is 26.3. The van der Waals surface area contributed by atoms with Gasteiger partial charge in [0.25, 0.3) is 10.0 Å². The van der Waals surface area contributed by atoms with Crippen molar-refractivity contribution in [2.24, 2.45) is 0 Å². The number of aromatic hydroxyl groups is 1. The zero-order chi connectivity index (χ0) is 15.8. The number of halogens is 2. The molecule has 112 valence electrons. The highest BCUT2D eigenvalue weighted by Gasteiger charge is 2.19. The number of hydrogen-bond acceptors (Lipinski definition) is 4. The number of benzene rings is 1. The fourth-order valence-corrected chi connectivity index (χ4v) is 3.01. The maximum atomic E-state index is 12.1. The Morgan fingerprint density at radius 2 is 1.76 bits per heavy atom. The van der Waals surface area contributed by atoms with Crippen LogP contribution in [-0.4, -0.2) is 29.6 Å². The number of aromatic nitrogens is 1. The number of carboxylic acids is 1. The van der Waals surface area contributed by atoms with Gasteiger partial charge in [0.15, 0.2) is 5.75 Å². The summed E-state index contributed by atoms with van der Waals surface area (Å²) in [5, 5.41) is 17.9. The zero-order valence-corrected chi connectivity index (χ0v) is 12.4. The summed E-state index contributed by atoms with van der Waals surface area (Å²) >= 11 is 11.4. The van der Waals surface area contributed by atoms with Gasteiger partial charge < -0.3 is 15.2 Å². The SMILES string of the molecule is O=C(O)c1cc(S(=O)(=O)Nc2cc(Cl)c(O)c(Cl)c2)c[nH]1. The van der Waals surface area contributed by atoms with E-state index < -0.39 is 16.0 Å². The van der Waals surface area contributed by atoms with Gasteiger partial charge in [0, 0.05) is 6.20 Å². The average molecular weight is 351 g/mol. The Balaban J connectivity index is 2.35. The fourth-order valence-electron chi connectivity index (χ4n) is 1.49. The molecular formula is C11H8Cl2N2O5S. The maximum absolute atomic E-state index is 12.1. The molecule has 0 bridgehead atoms. The second kappa shape index (κ2) is 5.47. The Labute approximate surface area is 129 Å². The maximum Gasteiger partial charge on any atom is 0.352 e. The van der Waals surface area contributed by atoms with E-state index >= 15 is 0 Å². The van der Waals surface area contributed by atoms with Crippen molar-refractivity contribution in [2.75, 3.05) is 4.72 Å². The van der Waals surface area contributed by atoms with Gasteiger partial charge in [0.05, 0.1) is 15.7 Å². The van der Waals surface area contributed by atoms with Crippen molar-refractivity contribution in [1.29, 1.82) is 0 Å². The van der Waals surface area contributed by atoms with Crippen LogP contribution < -0.4 is 4.72 Å². The molecule has 0 aliphatic heterocycles. The van der Waals surface area contributed by atoms with Crippen molar-refractivity contribution >= 4 is 44.9 Å². The molecular weight excluding hydrogens is 343 g/mol. The number of phenolic OH excluding ortho intramolecular Hbond substituents is 1. The molecule has 0 atom stereocenters. The van der Waals surface area contributed by atoms with Gasteiger partial charge in [-0.2, -0.15) is 0 Å². The van der Waals surface area contributed by atoms with Crippen LogP contribution in [0.3, 0.4) is 0 Å². The van der Waals surface area contributed by atoms with Crippen molar-refractivity contribution in [1.82, 2.24) is 4.98 Å². The number of nitrogens with one attached hydrogen (secondary N) is 2. The van der Waals surface area contributed by atoms with E-state index in [0.717, 1.165) is 12.3 Å². The first kappa shape index (κ1) is 15.5. The highest BCUT2D eigenvalue weighted by atomic mass is 35.5. The van der Waals surface area contributed by atoms with Crippen LogP contribution >= 0.6 is 23.2 Å². The molecule has 0 aliphatic carbocycles.